The zero-order valence-corrected chi connectivity index (χ0v) is 9.99. The highest BCUT2D eigenvalue weighted by Crippen LogP contribution is 2.22. The Kier molecular flexibility index (Phi) is 3.16. The maximum atomic E-state index is 11.3. The lowest BCUT2D eigenvalue weighted by molar-refractivity contribution is -0.121. The second-order valence-electron chi connectivity index (χ2n) is 4.07. The average Bonchev–Trinajstić information content (AvgIpc) is 2.25. The molecular weight excluding hydrogens is 222 g/mol. The van der Waals surface area contributed by atoms with E-state index in [0.29, 0.717) is 6.42 Å². The van der Waals surface area contributed by atoms with Crippen LogP contribution in [0.15, 0.2) is 0 Å². The third-order valence-corrected chi connectivity index (χ3v) is 4.45. The van der Waals surface area contributed by atoms with E-state index in [2.05, 4.69) is 17.9 Å². The minimum Gasteiger partial charge on any atom is -0.349 e. The summed E-state index contributed by atoms with van der Waals surface area (Å²) in [5.74, 6) is -0.0234. The molecule has 0 aromatic carbocycles. The van der Waals surface area contributed by atoms with Gasteiger partial charge in [-0.2, -0.15) is 12.6 Å². The third kappa shape index (κ3) is 2.88. The Labute approximate surface area is 89.8 Å². The molecule has 0 aromatic heterocycles. The van der Waals surface area contributed by atoms with Crippen molar-refractivity contribution >= 4 is 28.4 Å². The predicted octanol–water partition coefficient (Wildman–Crippen LogP) is -0.00190. The summed E-state index contributed by atoms with van der Waals surface area (Å²) < 4.78 is 22.5. The smallest absolute Gasteiger partial charge is 0.233 e. The van der Waals surface area contributed by atoms with Gasteiger partial charge in [0, 0.05) is 0 Å². The highest BCUT2D eigenvalue weighted by Gasteiger charge is 2.39. The monoisotopic (exact) mass is 237 g/mol. The molecule has 1 aliphatic rings. The van der Waals surface area contributed by atoms with Gasteiger partial charge in [0.05, 0.1) is 22.3 Å². The molecule has 4 nitrogen and oxygen atoms in total. The molecule has 0 bridgehead atoms. The molecule has 1 saturated heterocycles. The number of sulfone groups is 1. The SMILES string of the molecule is CC(S)C(=O)NC1(C)CCS(=O)(=O)C1. The molecule has 0 saturated carbocycles. The molecule has 1 rings (SSSR count). The number of amides is 1. The van der Waals surface area contributed by atoms with Crippen LogP contribution in [0.3, 0.4) is 0 Å². The maximum Gasteiger partial charge on any atom is 0.233 e. The van der Waals surface area contributed by atoms with E-state index >= 15 is 0 Å². The van der Waals surface area contributed by atoms with E-state index in [-0.39, 0.29) is 17.4 Å². The highest BCUT2D eigenvalue weighted by molar-refractivity contribution is 7.91. The molecule has 1 fully saturated rings. The van der Waals surface area contributed by atoms with Crippen molar-refractivity contribution in [2.75, 3.05) is 11.5 Å². The molecular formula is C8H15NO3S2. The van der Waals surface area contributed by atoms with Gasteiger partial charge in [-0.3, -0.25) is 4.79 Å². The average molecular weight is 237 g/mol. The maximum absolute atomic E-state index is 11.3. The van der Waals surface area contributed by atoms with Gasteiger partial charge in [-0.1, -0.05) is 0 Å². The Hall–Kier alpha value is -0.230. The van der Waals surface area contributed by atoms with Crippen LogP contribution < -0.4 is 5.32 Å². The predicted molar refractivity (Wildman–Crippen MR) is 58.3 cm³/mol. The van der Waals surface area contributed by atoms with Gasteiger partial charge in [0.1, 0.15) is 0 Å². The molecule has 0 aliphatic carbocycles. The van der Waals surface area contributed by atoms with E-state index in [0.717, 1.165) is 0 Å². The van der Waals surface area contributed by atoms with Crippen LogP contribution in [0.1, 0.15) is 20.3 Å². The van der Waals surface area contributed by atoms with Crippen LogP contribution in [0.25, 0.3) is 0 Å². The van der Waals surface area contributed by atoms with Gasteiger partial charge in [-0.05, 0) is 20.3 Å². The van der Waals surface area contributed by atoms with E-state index in [1.807, 2.05) is 0 Å². The van der Waals surface area contributed by atoms with Gasteiger partial charge in [0.2, 0.25) is 5.91 Å². The summed E-state index contributed by atoms with van der Waals surface area (Å²) in [6, 6.07) is 0. The second kappa shape index (κ2) is 3.73. The van der Waals surface area contributed by atoms with Gasteiger partial charge in [0.25, 0.3) is 0 Å². The number of nitrogens with one attached hydrogen (secondary N) is 1. The zero-order valence-electron chi connectivity index (χ0n) is 8.28. The Morgan fingerprint density at radius 2 is 2.14 bits per heavy atom. The molecule has 6 heteroatoms. The summed E-state index contributed by atoms with van der Waals surface area (Å²) in [6.07, 6.45) is 0.488. The molecule has 0 radical (unpaired) electrons. The van der Waals surface area contributed by atoms with Gasteiger partial charge in [-0.15, -0.1) is 0 Å². The van der Waals surface area contributed by atoms with Crippen molar-refractivity contribution in [2.45, 2.75) is 31.1 Å². The van der Waals surface area contributed by atoms with Gasteiger partial charge in [0.15, 0.2) is 9.84 Å². The minimum absolute atomic E-state index is 0.0340. The molecule has 1 heterocycles. The first-order chi connectivity index (χ1) is 6.24. The number of carbonyl (C=O) groups is 1. The third-order valence-electron chi connectivity index (χ3n) is 2.31. The molecule has 14 heavy (non-hydrogen) atoms. The second-order valence-corrected chi connectivity index (χ2v) is 7.03. The molecule has 82 valence electrons. The molecule has 1 aliphatic heterocycles. The summed E-state index contributed by atoms with van der Waals surface area (Å²) in [6.45, 7) is 3.41. The van der Waals surface area contributed by atoms with Crippen molar-refractivity contribution in [1.82, 2.24) is 5.32 Å². The van der Waals surface area contributed by atoms with E-state index in [4.69, 9.17) is 0 Å². The lowest BCUT2D eigenvalue weighted by Crippen LogP contribution is -2.49. The van der Waals surface area contributed by atoms with Crippen LogP contribution in [0, 0.1) is 0 Å². The standard InChI is InChI=1S/C8H15NO3S2/c1-6(13)7(10)9-8(2)3-4-14(11,12)5-8/h6,13H,3-5H2,1-2H3,(H,9,10). The summed E-state index contributed by atoms with van der Waals surface area (Å²) in [5.41, 5.74) is -0.604. The molecule has 1 N–H and O–H groups in total. The Morgan fingerprint density at radius 3 is 2.50 bits per heavy atom. The number of carbonyl (C=O) groups excluding carboxylic acids is 1. The Balaban J connectivity index is 2.66. The fourth-order valence-electron chi connectivity index (χ4n) is 1.51. The van der Waals surface area contributed by atoms with Crippen molar-refractivity contribution in [3.05, 3.63) is 0 Å². The molecule has 2 unspecified atom stereocenters. The molecule has 2 atom stereocenters. The summed E-state index contributed by atoms with van der Waals surface area (Å²) in [4.78, 5) is 11.3. The van der Waals surface area contributed by atoms with Crippen LogP contribution in [0.2, 0.25) is 0 Å². The van der Waals surface area contributed by atoms with Crippen molar-refractivity contribution in [3.63, 3.8) is 0 Å². The molecule has 0 spiro atoms. The lowest BCUT2D eigenvalue weighted by Gasteiger charge is -2.24. The number of hydrogen-bond donors (Lipinski definition) is 2. The quantitative estimate of drug-likeness (QED) is 0.664. The highest BCUT2D eigenvalue weighted by atomic mass is 32.2. The first-order valence-corrected chi connectivity index (χ1v) is 6.78. The number of thiol groups is 1. The van der Waals surface area contributed by atoms with E-state index in [1.54, 1.807) is 13.8 Å². The van der Waals surface area contributed by atoms with Crippen molar-refractivity contribution in [3.8, 4) is 0 Å². The Morgan fingerprint density at radius 1 is 1.57 bits per heavy atom. The van der Waals surface area contributed by atoms with Crippen molar-refractivity contribution in [2.24, 2.45) is 0 Å². The van der Waals surface area contributed by atoms with Gasteiger partial charge in [-0.25, -0.2) is 8.42 Å². The van der Waals surface area contributed by atoms with Crippen molar-refractivity contribution in [1.29, 1.82) is 0 Å². The zero-order chi connectivity index (χ0) is 11.0. The summed E-state index contributed by atoms with van der Waals surface area (Å²) >= 11 is 3.98. The van der Waals surface area contributed by atoms with Crippen LogP contribution >= 0.6 is 12.6 Å². The molecule has 0 aromatic rings. The number of hydrogen-bond acceptors (Lipinski definition) is 4. The lowest BCUT2D eigenvalue weighted by atomic mass is 10.0. The van der Waals surface area contributed by atoms with Crippen LogP contribution in [-0.2, 0) is 14.6 Å². The number of rotatable bonds is 2. The van der Waals surface area contributed by atoms with E-state index < -0.39 is 20.6 Å². The largest absolute Gasteiger partial charge is 0.349 e. The topological polar surface area (TPSA) is 63.2 Å². The first-order valence-electron chi connectivity index (χ1n) is 4.45. The van der Waals surface area contributed by atoms with Crippen molar-refractivity contribution < 1.29 is 13.2 Å². The van der Waals surface area contributed by atoms with Crippen LogP contribution in [-0.4, -0.2) is 36.6 Å². The Bertz CT molecular complexity index is 336. The van der Waals surface area contributed by atoms with Gasteiger partial charge < -0.3 is 5.32 Å². The van der Waals surface area contributed by atoms with Crippen LogP contribution in [0.4, 0.5) is 0 Å². The fourth-order valence-corrected chi connectivity index (χ4v) is 3.67. The van der Waals surface area contributed by atoms with Gasteiger partial charge >= 0.3 is 0 Å². The normalized spacial score (nSPS) is 32.5. The first kappa shape index (κ1) is 11.8. The minimum atomic E-state index is -2.96. The summed E-state index contributed by atoms with van der Waals surface area (Å²) in [7, 11) is -2.96. The summed E-state index contributed by atoms with van der Waals surface area (Å²) in [5, 5.41) is 2.31. The fraction of sp³-hybridized carbons (Fsp3) is 0.875. The van der Waals surface area contributed by atoms with E-state index in [1.165, 1.54) is 0 Å². The van der Waals surface area contributed by atoms with Crippen LogP contribution in [0.5, 0.6) is 0 Å². The molecule has 1 amide bonds. The van der Waals surface area contributed by atoms with E-state index in [9.17, 15) is 13.2 Å².